The zero-order valence-electron chi connectivity index (χ0n) is 13.2. The lowest BCUT2D eigenvalue weighted by Gasteiger charge is -2.26. The molecule has 2 nitrogen and oxygen atoms in total. The Morgan fingerprint density at radius 3 is 2.43 bits per heavy atom. The number of rotatable bonds is 5. The molecular weight excluding hydrogens is 263 g/mol. The predicted molar refractivity (Wildman–Crippen MR) is 87.7 cm³/mol. The zero-order valence-corrected chi connectivity index (χ0v) is 13.2. The van der Waals surface area contributed by atoms with Gasteiger partial charge in [-0.15, -0.1) is 0 Å². The Balaban J connectivity index is 2.42. The predicted octanol–water partition coefficient (Wildman–Crippen LogP) is 4.57. The van der Waals surface area contributed by atoms with Crippen LogP contribution in [0.3, 0.4) is 0 Å². The summed E-state index contributed by atoms with van der Waals surface area (Å²) in [5.41, 5.74) is 3.78. The van der Waals surface area contributed by atoms with Gasteiger partial charge in [0.05, 0.1) is 5.69 Å². The lowest BCUT2D eigenvalue weighted by molar-refractivity contribution is 0.607. The molecule has 1 unspecified atom stereocenters. The van der Waals surface area contributed by atoms with Crippen LogP contribution >= 0.6 is 0 Å². The van der Waals surface area contributed by atoms with Gasteiger partial charge < -0.3 is 10.2 Å². The number of para-hydroxylation sites is 1. The Morgan fingerprint density at radius 1 is 1.14 bits per heavy atom. The minimum absolute atomic E-state index is 0.141. The molecule has 2 aromatic rings. The Morgan fingerprint density at radius 2 is 1.86 bits per heavy atom. The van der Waals surface area contributed by atoms with E-state index in [2.05, 4.69) is 5.32 Å². The van der Waals surface area contributed by atoms with Gasteiger partial charge in [0.15, 0.2) is 0 Å². The minimum Gasteiger partial charge on any atom is -0.339 e. The molecule has 0 aliphatic rings. The third-order valence-corrected chi connectivity index (χ3v) is 3.92. The molecule has 0 bridgehead atoms. The minimum atomic E-state index is -0.181. The molecule has 0 fully saturated rings. The van der Waals surface area contributed by atoms with Gasteiger partial charge in [-0.1, -0.05) is 24.3 Å². The van der Waals surface area contributed by atoms with Crippen molar-refractivity contribution in [1.29, 1.82) is 0 Å². The van der Waals surface area contributed by atoms with Crippen LogP contribution in [-0.2, 0) is 0 Å². The lowest BCUT2D eigenvalue weighted by Crippen LogP contribution is -2.19. The zero-order chi connectivity index (χ0) is 15.4. The second kappa shape index (κ2) is 6.72. The van der Waals surface area contributed by atoms with E-state index in [1.165, 1.54) is 0 Å². The fraction of sp³-hybridized carbons (Fsp3) is 0.333. The van der Waals surface area contributed by atoms with Crippen LogP contribution in [0.4, 0.5) is 15.8 Å². The van der Waals surface area contributed by atoms with Gasteiger partial charge in [-0.2, -0.15) is 0 Å². The lowest BCUT2D eigenvalue weighted by atomic mass is 10.1. The largest absolute Gasteiger partial charge is 0.339 e. The fourth-order valence-corrected chi connectivity index (χ4v) is 2.51. The quantitative estimate of drug-likeness (QED) is 0.866. The highest BCUT2D eigenvalue weighted by Gasteiger charge is 2.15. The number of nitrogens with one attached hydrogen (secondary N) is 1. The highest BCUT2D eigenvalue weighted by atomic mass is 19.1. The van der Waals surface area contributed by atoms with Gasteiger partial charge >= 0.3 is 0 Å². The van der Waals surface area contributed by atoms with Crippen molar-refractivity contribution < 1.29 is 4.39 Å². The molecule has 2 aromatic carbocycles. The summed E-state index contributed by atoms with van der Waals surface area (Å²) in [6, 6.07) is 13.7. The molecule has 0 radical (unpaired) electrons. The first-order valence-corrected chi connectivity index (χ1v) is 7.38. The summed E-state index contributed by atoms with van der Waals surface area (Å²) in [6.07, 6.45) is 0. The van der Waals surface area contributed by atoms with Gasteiger partial charge in [0.2, 0.25) is 0 Å². The smallest absolute Gasteiger partial charge is 0.147 e. The van der Waals surface area contributed by atoms with Crippen molar-refractivity contribution in [2.45, 2.75) is 26.8 Å². The molecular formula is C18H23FN2. The Labute approximate surface area is 126 Å². The third-order valence-electron chi connectivity index (χ3n) is 3.92. The summed E-state index contributed by atoms with van der Waals surface area (Å²) in [4.78, 5) is 2.01. The number of anilines is 2. The van der Waals surface area contributed by atoms with E-state index in [0.717, 1.165) is 23.4 Å². The molecule has 0 amide bonds. The average Bonchev–Trinajstić information content (AvgIpc) is 2.50. The first kappa shape index (κ1) is 15.5. The molecule has 0 spiro atoms. The van der Waals surface area contributed by atoms with Crippen LogP contribution in [0.1, 0.15) is 31.0 Å². The highest BCUT2D eigenvalue weighted by Crippen LogP contribution is 2.31. The van der Waals surface area contributed by atoms with Crippen molar-refractivity contribution in [3.05, 3.63) is 59.4 Å². The molecule has 21 heavy (non-hydrogen) atoms. The van der Waals surface area contributed by atoms with Gasteiger partial charge in [-0.3, -0.25) is 0 Å². The SMILES string of the molecule is CCN(c1ccccc1C)c1ccc(C(C)NC)cc1F. The average molecular weight is 286 g/mol. The molecule has 1 N–H and O–H groups in total. The first-order chi connectivity index (χ1) is 10.1. The summed E-state index contributed by atoms with van der Waals surface area (Å²) in [6.45, 7) is 6.83. The Hall–Kier alpha value is -1.87. The maximum Gasteiger partial charge on any atom is 0.147 e. The van der Waals surface area contributed by atoms with E-state index < -0.39 is 0 Å². The van der Waals surface area contributed by atoms with Gasteiger partial charge in [0.1, 0.15) is 5.82 Å². The monoisotopic (exact) mass is 286 g/mol. The van der Waals surface area contributed by atoms with Gasteiger partial charge in [0.25, 0.3) is 0 Å². The van der Waals surface area contributed by atoms with E-state index in [9.17, 15) is 4.39 Å². The molecule has 112 valence electrons. The van der Waals surface area contributed by atoms with Crippen LogP contribution in [0.15, 0.2) is 42.5 Å². The summed E-state index contributed by atoms with van der Waals surface area (Å²) >= 11 is 0. The van der Waals surface area contributed by atoms with Crippen LogP contribution in [0.5, 0.6) is 0 Å². The summed E-state index contributed by atoms with van der Waals surface area (Å²) in [7, 11) is 1.88. The van der Waals surface area contributed by atoms with E-state index in [-0.39, 0.29) is 11.9 Å². The molecule has 0 aromatic heterocycles. The summed E-state index contributed by atoms with van der Waals surface area (Å²) in [5.74, 6) is -0.181. The van der Waals surface area contributed by atoms with Gasteiger partial charge in [0, 0.05) is 18.3 Å². The van der Waals surface area contributed by atoms with Crippen LogP contribution in [0.25, 0.3) is 0 Å². The number of hydrogen-bond acceptors (Lipinski definition) is 2. The van der Waals surface area contributed by atoms with E-state index >= 15 is 0 Å². The number of aryl methyl sites for hydroxylation is 1. The third kappa shape index (κ3) is 3.24. The van der Waals surface area contributed by atoms with Crippen molar-refractivity contribution >= 4 is 11.4 Å². The molecule has 2 rings (SSSR count). The van der Waals surface area contributed by atoms with Crippen LogP contribution in [-0.4, -0.2) is 13.6 Å². The number of halogens is 1. The maximum absolute atomic E-state index is 14.5. The maximum atomic E-state index is 14.5. The standard InChI is InChI=1S/C18H23FN2/c1-5-21(17-9-7-6-8-13(17)2)18-11-10-15(12-16(18)19)14(3)20-4/h6-12,14,20H,5H2,1-4H3. The van der Waals surface area contributed by atoms with Crippen LogP contribution in [0, 0.1) is 12.7 Å². The van der Waals surface area contributed by atoms with Crippen LogP contribution in [0.2, 0.25) is 0 Å². The molecule has 0 saturated carbocycles. The van der Waals surface area contributed by atoms with E-state index in [1.54, 1.807) is 6.07 Å². The first-order valence-electron chi connectivity index (χ1n) is 7.38. The van der Waals surface area contributed by atoms with E-state index in [0.29, 0.717) is 5.69 Å². The molecule has 1 atom stereocenters. The molecule has 0 saturated heterocycles. The van der Waals surface area contributed by atoms with Crippen molar-refractivity contribution in [2.24, 2.45) is 0 Å². The van der Waals surface area contributed by atoms with Crippen molar-refractivity contribution in [3.8, 4) is 0 Å². The van der Waals surface area contributed by atoms with Crippen molar-refractivity contribution in [1.82, 2.24) is 5.32 Å². The fourth-order valence-electron chi connectivity index (χ4n) is 2.51. The van der Waals surface area contributed by atoms with E-state index in [1.807, 2.05) is 69.1 Å². The van der Waals surface area contributed by atoms with Crippen molar-refractivity contribution in [3.63, 3.8) is 0 Å². The highest BCUT2D eigenvalue weighted by molar-refractivity contribution is 5.67. The Kier molecular flexibility index (Phi) is 4.97. The van der Waals surface area contributed by atoms with Gasteiger partial charge in [-0.25, -0.2) is 4.39 Å². The number of nitrogens with zero attached hydrogens (tertiary/aromatic N) is 1. The molecule has 3 heteroatoms. The van der Waals surface area contributed by atoms with Crippen molar-refractivity contribution in [2.75, 3.05) is 18.5 Å². The van der Waals surface area contributed by atoms with E-state index in [4.69, 9.17) is 0 Å². The normalized spacial score (nSPS) is 12.2. The molecule has 0 aliphatic heterocycles. The summed E-state index contributed by atoms with van der Waals surface area (Å²) < 4.78 is 14.5. The summed E-state index contributed by atoms with van der Waals surface area (Å²) in [5, 5.41) is 3.13. The van der Waals surface area contributed by atoms with Gasteiger partial charge in [-0.05, 0) is 57.1 Å². The second-order valence-corrected chi connectivity index (χ2v) is 5.25. The second-order valence-electron chi connectivity index (χ2n) is 5.25. The number of benzene rings is 2. The Bertz CT molecular complexity index is 610. The van der Waals surface area contributed by atoms with Crippen LogP contribution < -0.4 is 10.2 Å². The molecule has 0 heterocycles. The topological polar surface area (TPSA) is 15.3 Å². The number of hydrogen-bond donors (Lipinski definition) is 1. The molecule has 0 aliphatic carbocycles.